The third-order valence-electron chi connectivity index (χ3n) is 3.32. The van der Waals surface area contributed by atoms with E-state index in [2.05, 4.69) is 11.8 Å². The Hall–Kier alpha value is -0.900. The van der Waals surface area contributed by atoms with Gasteiger partial charge in [-0.15, -0.1) is 0 Å². The quantitative estimate of drug-likeness (QED) is 0.796. The summed E-state index contributed by atoms with van der Waals surface area (Å²) in [4.78, 5) is 2.17. The first kappa shape index (κ1) is 16.2. The Balaban J connectivity index is 2.53. The molecule has 0 saturated carbocycles. The van der Waals surface area contributed by atoms with E-state index in [9.17, 15) is 10.2 Å². The normalized spacial score (nSPS) is 13.8. The van der Waals surface area contributed by atoms with Crippen LogP contribution in [0.4, 0.5) is 0 Å². The number of aliphatic hydroxyl groups excluding tert-OH is 1. The number of hydrogen-bond acceptors (Lipinski definition) is 3. The molecule has 1 aromatic rings. The average Bonchev–Trinajstić information content (AvgIpc) is 2.33. The fraction of sp³-hybridized carbons (Fsp3) is 0.625. The van der Waals surface area contributed by atoms with E-state index < -0.39 is 11.7 Å². The summed E-state index contributed by atoms with van der Waals surface area (Å²) in [6.07, 6.45) is 0.256. The van der Waals surface area contributed by atoms with E-state index in [0.29, 0.717) is 13.0 Å². The summed E-state index contributed by atoms with van der Waals surface area (Å²) in [5.41, 5.74) is 1.44. The van der Waals surface area contributed by atoms with Gasteiger partial charge in [-0.2, -0.15) is 0 Å². The minimum absolute atomic E-state index is 0.433. The highest BCUT2D eigenvalue weighted by Gasteiger charge is 2.18. The molecule has 0 aliphatic heterocycles. The van der Waals surface area contributed by atoms with Crippen LogP contribution in [0.1, 0.15) is 44.4 Å². The molecule has 1 rings (SSSR count). The Kier molecular flexibility index (Phi) is 5.98. The van der Waals surface area contributed by atoms with E-state index in [1.165, 1.54) is 0 Å². The van der Waals surface area contributed by atoms with Gasteiger partial charge in [-0.3, -0.25) is 0 Å². The molecule has 0 spiro atoms. The molecular weight excluding hydrogens is 238 g/mol. The van der Waals surface area contributed by atoms with Crippen molar-refractivity contribution in [3.8, 4) is 0 Å². The SMILES string of the molecule is CCN(CCC(O)c1ccccc1C)CC(C)(C)O. The Bertz CT molecular complexity index is 385. The number of rotatable bonds is 7. The van der Waals surface area contributed by atoms with Crippen molar-refractivity contribution in [3.63, 3.8) is 0 Å². The molecule has 3 nitrogen and oxygen atoms in total. The van der Waals surface area contributed by atoms with Gasteiger partial charge < -0.3 is 15.1 Å². The standard InChI is InChI=1S/C16H27NO2/c1-5-17(12-16(3,4)19)11-10-15(18)14-9-7-6-8-13(14)2/h6-9,15,18-19H,5,10-12H2,1-4H3. The molecule has 0 aliphatic carbocycles. The van der Waals surface area contributed by atoms with E-state index >= 15 is 0 Å². The van der Waals surface area contributed by atoms with Crippen LogP contribution < -0.4 is 0 Å². The highest BCUT2D eigenvalue weighted by molar-refractivity contribution is 5.27. The lowest BCUT2D eigenvalue weighted by Crippen LogP contribution is -2.39. The largest absolute Gasteiger partial charge is 0.389 e. The van der Waals surface area contributed by atoms with Crippen molar-refractivity contribution in [2.24, 2.45) is 0 Å². The van der Waals surface area contributed by atoms with E-state index in [-0.39, 0.29) is 0 Å². The monoisotopic (exact) mass is 265 g/mol. The molecule has 0 amide bonds. The minimum Gasteiger partial charge on any atom is -0.389 e. The van der Waals surface area contributed by atoms with Crippen LogP contribution in [-0.4, -0.2) is 40.3 Å². The lowest BCUT2D eigenvalue weighted by molar-refractivity contribution is 0.0321. The molecule has 0 aromatic heterocycles. The first-order valence-electron chi connectivity index (χ1n) is 7.02. The summed E-state index contributed by atoms with van der Waals surface area (Å²) in [5.74, 6) is 0. The first-order chi connectivity index (χ1) is 8.83. The lowest BCUT2D eigenvalue weighted by Gasteiger charge is -2.28. The van der Waals surface area contributed by atoms with Gasteiger partial charge in [-0.05, 0) is 44.9 Å². The zero-order valence-electron chi connectivity index (χ0n) is 12.6. The molecule has 1 atom stereocenters. The molecule has 108 valence electrons. The zero-order valence-corrected chi connectivity index (χ0v) is 12.6. The van der Waals surface area contributed by atoms with Gasteiger partial charge in [0.15, 0.2) is 0 Å². The Morgan fingerprint density at radius 1 is 1.26 bits per heavy atom. The van der Waals surface area contributed by atoms with Crippen molar-refractivity contribution in [2.45, 2.75) is 45.8 Å². The number of aryl methyl sites for hydroxylation is 1. The molecular formula is C16H27NO2. The zero-order chi connectivity index (χ0) is 14.5. The van der Waals surface area contributed by atoms with Crippen molar-refractivity contribution in [1.29, 1.82) is 0 Å². The molecule has 19 heavy (non-hydrogen) atoms. The van der Waals surface area contributed by atoms with Crippen LogP contribution in [-0.2, 0) is 0 Å². The van der Waals surface area contributed by atoms with E-state index in [1.807, 2.05) is 45.0 Å². The average molecular weight is 265 g/mol. The molecule has 2 N–H and O–H groups in total. The fourth-order valence-electron chi connectivity index (χ4n) is 2.32. The Labute approximate surface area is 116 Å². The number of benzene rings is 1. The molecule has 0 bridgehead atoms. The van der Waals surface area contributed by atoms with Gasteiger partial charge in [0.05, 0.1) is 11.7 Å². The third kappa shape index (κ3) is 5.72. The van der Waals surface area contributed by atoms with Crippen LogP contribution in [0.15, 0.2) is 24.3 Å². The maximum atomic E-state index is 10.3. The molecule has 0 aliphatic rings. The molecule has 0 fully saturated rings. The Morgan fingerprint density at radius 3 is 2.42 bits per heavy atom. The second kappa shape index (κ2) is 7.04. The van der Waals surface area contributed by atoms with Crippen LogP contribution in [0.25, 0.3) is 0 Å². The molecule has 0 radical (unpaired) electrons. The van der Waals surface area contributed by atoms with Crippen LogP contribution in [0.3, 0.4) is 0 Å². The van der Waals surface area contributed by atoms with Gasteiger partial charge in [0.25, 0.3) is 0 Å². The van der Waals surface area contributed by atoms with Gasteiger partial charge >= 0.3 is 0 Å². The number of nitrogens with zero attached hydrogens (tertiary/aromatic N) is 1. The second-order valence-corrected chi connectivity index (χ2v) is 5.84. The molecule has 0 saturated heterocycles. The predicted octanol–water partition coefficient (Wildman–Crippen LogP) is 2.51. The maximum Gasteiger partial charge on any atom is 0.0804 e. The molecule has 1 unspecified atom stereocenters. The summed E-state index contributed by atoms with van der Waals surface area (Å²) < 4.78 is 0. The Morgan fingerprint density at radius 2 is 1.89 bits per heavy atom. The summed E-state index contributed by atoms with van der Waals surface area (Å²) in [6.45, 7) is 10.0. The van der Waals surface area contributed by atoms with Crippen molar-refractivity contribution >= 4 is 0 Å². The second-order valence-electron chi connectivity index (χ2n) is 5.84. The number of hydrogen-bond donors (Lipinski definition) is 2. The van der Waals surface area contributed by atoms with Crippen molar-refractivity contribution < 1.29 is 10.2 Å². The van der Waals surface area contributed by atoms with Gasteiger partial charge in [-0.1, -0.05) is 31.2 Å². The van der Waals surface area contributed by atoms with Crippen LogP contribution in [0.5, 0.6) is 0 Å². The molecule has 3 heteroatoms. The fourth-order valence-corrected chi connectivity index (χ4v) is 2.32. The van der Waals surface area contributed by atoms with Gasteiger partial charge in [-0.25, -0.2) is 0 Å². The van der Waals surface area contributed by atoms with Crippen LogP contribution in [0.2, 0.25) is 0 Å². The summed E-state index contributed by atoms with van der Waals surface area (Å²) >= 11 is 0. The molecule has 0 heterocycles. The third-order valence-corrected chi connectivity index (χ3v) is 3.32. The van der Waals surface area contributed by atoms with Crippen LogP contribution in [0, 0.1) is 6.92 Å². The first-order valence-corrected chi connectivity index (χ1v) is 7.02. The van der Waals surface area contributed by atoms with Crippen LogP contribution >= 0.6 is 0 Å². The highest BCUT2D eigenvalue weighted by atomic mass is 16.3. The van der Waals surface area contributed by atoms with Gasteiger partial charge in [0.2, 0.25) is 0 Å². The summed E-state index contributed by atoms with van der Waals surface area (Å²) in [5, 5.41) is 20.1. The van der Waals surface area contributed by atoms with E-state index in [0.717, 1.165) is 24.2 Å². The van der Waals surface area contributed by atoms with Crippen molar-refractivity contribution in [1.82, 2.24) is 4.90 Å². The minimum atomic E-state index is -0.691. The van der Waals surface area contributed by atoms with Crippen molar-refractivity contribution in [3.05, 3.63) is 35.4 Å². The smallest absolute Gasteiger partial charge is 0.0804 e. The van der Waals surface area contributed by atoms with Crippen molar-refractivity contribution in [2.75, 3.05) is 19.6 Å². The van der Waals surface area contributed by atoms with E-state index in [1.54, 1.807) is 0 Å². The summed E-state index contributed by atoms with van der Waals surface area (Å²) in [7, 11) is 0. The summed E-state index contributed by atoms with van der Waals surface area (Å²) in [6, 6.07) is 7.94. The van der Waals surface area contributed by atoms with Gasteiger partial charge in [0, 0.05) is 13.1 Å². The van der Waals surface area contributed by atoms with E-state index in [4.69, 9.17) is 0 Å². The molecule has 1 aromatic carbocycles. The lowest BCUT2D eigenvalue weighted by atomic mass is 10.0. The van der Waals surface area contributed by atoms with Gasteiger partial charge in [0.1, 0.15) is 0 Å². The number of likely N-dealkylation sites (N-methyl/N-ethyl adjacent to an activating group) is 1. The predicted molar refractivity (Wildman–Crippen MR) is 79.2 cm³/mol. The number of aliphatic hydroxyl groups is 2. The maximum absolute atomic E-state index is 10.3. The topological polar surface area (TPSA) is 43.7 Å². The highest BCUT2D eigenvalue weighted by Crippen LogP contribution is 2.20.